The molecular formula is C23H27N3O2. The molecule has 5 heteroatoms. The summed E-state index contributed by atoms with van der Waals surface area (Å²) < 4.78 is 5.87. The second-order valence-corrected chi connectivity index (χ2v) is 6.57. The predicted molar refractivity (Wildman–Crippen MR) is 113 cm³/mol. The number of hydrogen-bond acceptors (Lipinski definition) is 4. The standard InChI is InChI=1S/C23H27N3O2/c1-3-26(4-2)14-15-28-22-16-20(19-12-8-9-13-21(19)25-22)23(27)24-17-18-10-6-5-7-11-18/h5-13,16H,3-4,14-15,17H2,1-2H3,(H,24,27). The third-order valence-electron chi connectivity index (χ3n) is 4.79. The first kappa shape index (κ1) is 19.8. The number of ether oxygens (including phenoxy) is 1. The van der Waals surface area contributed by atoms with Gasteiger partial charge in [-0.05, 0) is 24.7 Å². The Labute approximate surface area is 166 Å². The average molecular weight is 377 g/mol. The molecule has 3 aromatic rings. The van der Waals surface area contributed by atoms with Crippen LogP contribution >= 0.6 is 0 Å². The Hall–Kier alpha value is -2.92. The van der Waals surface area contributed by atoms with Crippen LogP contribution in [0.5, 0.6) is 5.88 Å². The quantitative estimate of drug-likeness (QED) is 0.615. The summed E-state index contributed by atoms with van der Waals surface area (Å²) in [7, 11) is 0. The lowest BCUT2D eigenvalue weighted by atomic mass is 10.1. The molecule has 1 aromatic heterocycles. The molecule has 1 N–H and O–H groups in total. The summed E-state index contributed by atoms with van der Waals surface area (Å²) in [6, 6.07) is 19.3. The molecule has 1 heterocycles. The second-order valence-electron chi connectivity index (χ2n) is 6.57. The largest absolute Gasteiger partial charge is 0.476 e. The second kappa shape index (κ2) is 9.85. The van der Waals surface area contributed by atoms with E-state index in [2.05, 4.69) is 29.0 Å². The van der Waals surface area contributed by atoms with Crippen molar-refractivity contribution < 1.29 is 9.53 Å². The summed E-state index contributed by atoms with van der Waals surface area (Å²) in [6.07, 6.45) is 0. The molecule has 0 radical (unpaired) electrons. The Kier molecular flexibility index (Phi) is 6.98. The van der Waals surface area contributed by atoms with Crippen molar-refractivity contribution in [2.45, 2.75) is 20.4 Å². The molecule has 0 spiro atoms. The number of carbonyl (C=O) groups excluding carboxylic acids is 1. The Morgan fingerprint density at radius 1 is 1.04 bits per heavy atom. The van der Waals surface area contributed by atoms with Crippen molar-refractivity contribution in [1.29, 1.82) is 0 Å². The van der Waals surface area contributed by atoms with Crippen molar-refractivity contribution in [3.63, 3.8) is 0 Å². The summed E-state index contributed by atoms with van der Waals surface area (Å²) >= 11 is 0. The highest BCUT2D eigenvalue weighted by atomic mass is 16.5. The number of amides is 1. The van der Waals surface area contributed by atoms with E-state index in [0.717, 1.165) is 36.1 Å². The van der Waals surface area contributed by atoms with Crippen LogP contribution in [0, 0.1) is 0 Å². The fraction of sp³-hybridized carbons (Fsp3) is 0.304. The summed E-state index contributed by atoms with van der Waals surface area (Å²) in [5.41, 5.74) is 2.40. The molecule has 3 rings (SSSR count). The molecule has 146 valence electrons. The van der Waals surface area contributed by atoms with E-state index < -0.39 is 0 Å². The van der Waals surface area contributed by atoms with Crippen LogP contribution < -0.4 is 10.1 Å². The van der Waals surface area contributed by atoms with Crippen LogP contribution in [0.2, 0.25) is 0 Å². The number of nitrogens with one attached hydrogen (secondary N) is 1. The van der Waals surface area contributed by atoms with Crippen molar-refractivity contribution >= 4 is 16.8 Å². The van der Waals surface area contributed by atoms with E-state index in [1.54, 1.807) is 6.07 Å². The summed E-state index contributed by atoms with van der Waals surface area (Å²) in [4.78, 5) is 19.7. The van der Waals surface area contributed by atoms with Crippen molar-refractivity contribution in [3.8, 4) is 5.88 Å². The van der Waals surface area contributed by atoms with Crippen LogP contribution in [-0.2, 0) is 6.54 Å². The van der Waals surface area contributed by atoms with Crippen LogP contribution in [0.4, 0.5) is 0 Å². The monoisotopic (exact) mass is 377 g/mol. The lowest BCUT2D eigenvalue weighted by Gasteiger charge is -2.18. The highest BCUT2D eigenvalue weighted by Crippen LogP contribution is 2.22. The van der Waals surface area contributed by atoms with Gasteiger partial charge in [-0.15, -0.1) is 0 Å². The van der Waals surface area contributed by atoms with E-state index in [1.807, 2.05) is 54.6 Å². The molecule has 2 aromatic carbocycles. The normalized spacial score (nSPS) is 11.0. The number of nitrogens with zero attached hydrogens (tertiary/aromatic N) is 2. The third-order valence-corrected chi connectivity index (χ3v) is 4.79. The van der Waals surface area contributed by atoms with Gasteiger partial charge in [0.25, 0.3) is 5.91 Å². The first-order valence-corrected chi connectivity index (χ1v) is 9.78. The molecule has 0 aliphatic carbocycles. The molecule has 5 nitrogen and oxygen atoms in total. The fourth-order valence-electron chi connectivity index (χ4n) is 3.11. The first-order chi connectivity index (χ1) is 13.7. The zero-order chi connectivity index (χ0) is 19.8. The Bertz CT molecular complexity index is 908. The van der Waals surface area contributed by atoms with Crippen molar-refractivity contribution in [2.24, 2.45) is 0 Å². The third kappa shape index (κ3) is 5.08. The molecule has 0 fully saturated rings. The van der Waals surface area contributed by atoms with Gasteiger partial charge in [-0.25, -0.2) is 4.98 Å². The van der Waals surface area contributed by atoms with E-state index >= 15 is 0 Å². The van der Waals surface area contributed by atoms with Gasteiger partial charge in [0, 0.05) is 24.5 Å². The molecule has 0 saturated carbocycles. The van der Waals surface area contributed by atoms with Gasteiger partial charge in [0.1, 0.15) is 6.61 Å². The van der Waals surface area contributed by atoms with Crippen LogP contribution in [0.25, 0.3) is 10.9 Å². The van der Waals surface area contributed by atoms with Gasteiger partial charge >= 0.3 is 0 Å². The SMILES string of the molecule is CCN(CC)CCOc1cc(C(=O)NCc2ccccc2)c2ccccc2n1. The van der Waals surface area contributed by atoms with Gasteiger partial charge in [-0.3, -0.25) is 4.79 Å². The zero-order valence-corrected chi connectivity index (χ0v) is 16.5. The number of fused-ring (bicyclic) bond motifs is 1. The highest BCUT2D eigenvalue weighted by molar-refractivity contribution is 6.06. The average Bonchev–Trinajstić information content (AvgIpc) is 2.75. The number of pyridine rings is 1. The minimum absolute atomic E-state index is 0.129. The van der Waals surface area contributed by atoms with E-state index in [4.69, 9.17) is 4.74 Å². The molecule has 0 atom stereocenters. The lowest BCUT2D eigenvalue weighted by molar-refractivity contribution is 0.0952. The van der Waals surface area contributed by atoms with Gasteiger partial charge < -0.3 is 15.0 Å². The number of rotatable bonds is 9. The Balaban J connectivity index is 1.76. The molecule has 1 amide bonds. The van der Waals surface area contributed by atoms with E-state index in [1.165, 1.54) is 0 Å². The predicted octanol–water partition coefficient (Wildman–Crippen LogP) is 3.89. The number of hydrogen-bond donors (Lipinski definition) is 1. The minimum Gasteiger partial charge on any atom is -0.476 e. The van der Waals surface area contributed by atoms with Crippen LogP contribution in [0.1, 0.15) is 29.8 Å². The maximum absolute atomic E-state index is 12.9. The summed E-state index contributed by atoms with van der Waals surface area (Å²) in [5.74, 6) is 0.353. The Morgan fingerprint density at radius 3 is 2.50 bits per heavy atom. The van der Waals surface area contributed by atoms with Crippen molar-refractivity contribution in [3.05, 3.63) is 71.8 Å². The summed E-state index contributed by atoms with van der Waals surface area (Å²) in [6.45, 7) is 8.08. The van der Waals surface area contributed by atoms with Gasteiger partial charge in [0.15, 0.2) is 0 Å². The number of likely N-dealkylation sites (N-methyl/N-ethyl adjacent to an activating group) is 1. The Morgan fingerprint density at radius 2 is 1.75 bits per heavy atom. The maximum atomic E-state index is 12.9. The minimum atomic E-state index is -0.129. The van der Waals surface area contributed by atoms with Crippen molar-refractivity contribution in [1.82, 2.24) is 15.2 Å². The molecule has 0 aliphatic heterocycles. The maximum Gasteiger partial charge on any atom is 0.252 e. The zero-order valence-electron chi connectivity index (χ0n) is 16.5. The van der Waals surface area contributed by atoms with Gasteiger partial charge in [0.2, 0.25) is 5.88 Å². The topological polar surface area (TPSA) is 54.5 Å². The number of para-hydroxylation sites is 1. The lowest BCUT2D eigenvalue weighted by Crippen LogP contribution is -2.28. The molecule has 0 aliphatic rings. The fourth-order valence-corrected chi connectivity index (χ4v) is 3.11. The van der Waals surface area contributed by atoms with Crippen LogP contribution in [0.3, 0.4) is 0 Å². The van der Waals surface area contributed by atoms with E-state index in [-0.39, 0.29) is 5.91 Å². The molecule has 0 unspecified atom stereocenters. The smallest absolute Gasteiger partial charge is 0.252 e. The van der Waals surface area contributed by atoms with Gasteiger partial charge in [0.05, 0.1) is 11.1 Å². The summed E-state index contributed by atoms with van der Waals surface area (Å²) in [5, 5.41) is 3.82. The van der Waals surface area contributed by atoms with Gasteiger partial charge in [-0.2, -0.15) is 0 Å². The van der Waals surface area contributed by atoms with Crippen LogP contribution in [0.15, 0.2) is 60.7 Å². The number of aromatic nitrogens is 1. The number of carbonyl (C=O) groups is 1. The van der Waals surface area contributed by atoms with Gasteiger partial charge in [-0.1, -0.05) is 62.4 Å². The highest BCUT2D eigenvalue weighted by Gasteiger charge is 2.14. The van der Waals surface area contributed by atoms with Crippen molar-refractivity contribution in [2.75, 3.05) is 26.2 Å². The van der Waals surface area contributed by atoms with E-state index in [9.17, 15) is 4.79 Å². The van der Waals surface area contributed by atoms with Crippen LogP contribution in [-0.4, -0.2) is 42.0 Å². The molecular weight excluding hydrogens is 350 g/mol. The first-order valence-electron chi connectivity index (χ1n) is 9.78. The number of benzene rings is 2. The van der Waals surface area contributed by atoms with E-state index in [0.29, 0.717) is 24.6 Å². The molecule has 0 saturated heterocycles. The molecule has 0 bridgehead atoms. The molecule has 28 heavy (non-hydrogen) atoms.